The quantitative estimate of drug-likeness (QED) is 0.931. The Labute approximate surface area is 128 Å². The number of sulfonamides is 1. The van der Waals surface area contributed by atoms with E-state index >= 15 is 0 Å². The highest BCUT2D eigenvalue weighted by Gasteiger charge is 2.26. The van der Waals surface area contributed by atoms with Crippen molar-refractivity contribution in [2.24, 2.45) is 0 Å². The van der Waals surface area contributed by atoms with Crippen molar-refractivity contribution in [3.8, 4) is 5.75 Å². The molecule has 0 spiro atoms. The van der Waals surface area contributed by atoms with Gasteiger partial charge in [-0.2, -0.15) is 4.31 Å². The van der Waals surface area contributed by atoms with Crippen molar-refractivity contribution in [1.29, 1.82) is 0 Å². The Balaban J connectivity index is 1.82. The number of hydrogen-bond acceptors (Lipinski definition) is 5. The van der Waals surface area contributed by atoms with Gasteiger partial charge < -0.3 is 5.11 Å². The lowest BCUT2D eigenvalue weighted by Gasteiger charge is -2.25. The van der Waals surface area contributed by atoms with E-state index in [9.17, 15) is 13.5 Å². The van der Waals surface area contributed by atoms with Crippen molar-refractivity contribution in [2.45, 2.75) is 11.3 Å². The maximum Gasteiger partial charge on any atom is 0.244 e. The maximum absolute atomic E-state index is 12.5. The molecule has 22 heavy (non-hydrogen) atoms. The fourth-order valence-electron chi connectivity index (χ4n) is 2.38. The van der Waals surface area contributed by atoms with E-state index in [4.69, 9.17) is 0 Å². The Kier molecular flexibility index (Phi) is 3.91. The minimum atomic E-state index is -3.51. The average molecular weight is 317 g/mol. The first-order valence-corrected chi connectivity index (χ1v) is 8.25. The second-order valence-electron chi connectivity index (χ2n) is 4.96. The van der Waals surface area contributed by atoms with Gasteiger partial charge in [-0.25, -0.2) is 8.42 Å². The molecule has 3 heterocycles. The number of nitrogens with zero attached hydrogens (tertiary/aromatic N) is 3. The van der Waals surface area contributed by atoms with Crippen LogP contribution in [-0.2, 0) is 10.0 Å². The summed E-state index contributed by atoms with van der Waals surface area (Å²) in [7, 11) is -3.51. The molecule has 2 aromatic rings. The zero-order valence-electron chi connectivity index (χ0n) is 11.8. The first-order chi connectivity index (χ1) is 10.6. The summed E-state index contributed by atoms with van der Waals surface area (Å²) < 4.78 is 26.4. The highest BCUT2D eigenvalue weighted by molar-refractivity contribution is 7.89. The molecule has 7 heteroatoms. The van der Waals surface area contributed by atoms with Crippen LogP contribution in [0.1, 0.15) is 12.0 Å². The first kappa shape index (κ1) is 14.7. The number of aromatic hydroxyl groups is 1. The molecule has 0 bridgehead atoms. The zero-order valence-corrected chi connectivity index (χ0v) is 12.6. The van der Waals surface area contributed by atoms with Crippen LogP contribution in [0.3, 0.4) is 0 Å². The van der Waals surface area contributed by atoms with Crippen molar-refractivity contribution < 1.29 is 13.5 Å². The minimum absolute atomic E-state index is 0.101. The third-order valence-electron chi connectivity index (χ3n) is 3.54. The number of rotatable bonds is 3. The smallest absolute Gasteiger partial charge is 0.244 e. The molecule has 0 saturated carbocycles. The molecule has 0 radical (unpaired) electrons. The molecule has 0 aromatic carbocycles. The van der Waals surface area contributed by atoms with Gasteiger partial charge in [0, 0.05) is 31.7 Å². The van der Waals surface area contributed by atoms with E-state index in [0.29, 0.717) is 19.5 Å². The van der Waals surface area contributed by atoms with Crippen LogP contribution in [0.15, 0.2) is 54.0 Å². The van der Waals surface area contributed by atoms with Crippen LogP contribution in [0.25, 0.3) is 5.57 Å². The Morgan fingerprint density at radius 2 is 2.05 bits per heavy atom. The van der Waals surface area contributed by atoms with Gasteiger partial charge in [-0.3, -0.25) is 9.97 Å². The minimum Gasteiger partial charge on any atom is -0.506 e. The van der Waals surface area contributed by atoms with Gasteiger partial charge >= 0.3 is 0 Å². The van der Waals surface area contributed by atoms with Gasteiger partial charge in [0.05, 0.1) is 6.20 Å². The van der Waals surface area contributed by atoms with Crippen molar-refractivity contribution in [3.05, 3.63) is 54.6 Å². The largest absolute Gasteiger partial charge is 0.506 e. The Hall–Kier alpha value is -2.25. The summed E-state index contributed by atoms with van der Waals surface area (Å²) in [6.07, 6.45) is 8.36. The summed E-state index contributed by atoms with van der Waals surface area (Å²) in [5.41, 5.74) is 1.81. The second kappa shape index (κ2) is 5.86. The summed E-state index contributed by atoms with van der Waals surface area (Å²) in [5, 5.41) is 9.47. The van der Waals surface area contributed by atoms with Crippen LogP contribution in [0.5, 0.6) is 5.75 Å². The predicted molar refractivity (Wildman–Crippen MR) is 81.5 cm³/mol. The zero-order chi connectivity index (χ0) is 15.6. The fraction of sp³-hybridized carbons (Fsp3) is 0.200. The monoisotopic (exact) mass is 317 g/mol. The van der Waals surface area contributed by atoms with Crippen LogP contribution in [0, 0.1) is 0 Å². The van der Waals surface area contributed by atoms with E-state index in [-0.39, 0.29) is 10.6 Å². The summed E-state index contributed by atoms with van der Waals surface area (Å²) in [6.45, 7) is 0.681. The van der Waals surface area contributed by atoms with E-state index in [0.717, 1.165) is 11.1 Å². The lowest BCUT2D eigenvalue weighted by atomic mass is 10.0. The third kappa shape index (κ3) is 2.86. The van der Waals surface area contributed by atoms with Crippen molar-refractivity contribution in [1.82, 2.24) is 14.3 Å². The van der Waals surface area contributed by atoms with E-state index in [1.54, 1.807) is 30.6 Å². The Morgan fingerprint density at radius 1 is 1.18 bits per heavy atom. The van der Waals surface area contributed by atoms with Gasteiger partial charge in [-0.15, -0.1) is 0 Å². The normalized spacial score (nSPS) is 16.3. The van der Waals surface area contributed by atoms with E-state index in [2.05, 4.69) is 9.97 Å². The molecule has 1 aliphatic heterocycles. The average Bonchev–Trinajstić information content (AvgIpc) is 2.56. The Morgan fingerprint density at radius 3 is 2.68 bits per heavy atom. The third-order valence-corrected chi connectivity index (χ3v) is 5.39. The van der Waals surface area contributed by atoms with E-state index in [1.807, 2.05) is 6.08 Å². The van der Waals surface area contributed by atoms with Gasteiger partial charge in [0.2, 0.25) is 10.0 Å². The van der Waals surface area contributed by atoms with Crippen LogP contribution >= 0.6 is 0 Å². The van der Waals surface area contributed by atoms with Crippen LogP contribution in [0.4, 0.5) is 0 Å². The maximum atomic E-state index is 12.5. The van der Waals surface area contributed by atoms with Crippen LogP contribution in [0.2, 0.25) is 0 Å². The molecule has 1 N–H and O–H groups in total. The molecule has 1 aliphatic rings. The molecule has 114 valence electrons. The highest BCUT2D eigenvalue weighted by atomic mass is 32.2. The molecule has 3 rings (SSSR count). The lowest BCUT2D eigenvalue weighted by molar-refractivity contribution is 0.440. The second-order valence-corrected chi connectivity index (χ2v) is 6.90. The highest BCUT2D eigenvalue weighted by Crippen LogP contribution is 2.26. The van der Waals surface area contributed by atoms with Gasteiger partial charge in [-0.1, -0.05) is 6.08 Å². The Bertz CT molecular complexity index is 804. The predicted octanol–water partition coefficient (Wildman–Crippen LogP) is 1.66. The number of hydrogen-bond donors (Lipinski definition) is 1. The van der Waals surface area contributed by atoms with Crippen LogP contribution in [-0.4, -0.2) is 40.9 Å². The topological polar surface area (TPSA) is 83.4 Å². The van der Waals surface area contributed by atoms with Crippen molar-refractivity contribution in [3.63, 3.8) is 0 Å². The van der Waals surface area contributed by atoms with Gasteiger partial charge in [0.25, 0.3) is 0 Å². The molecule has 0 aliphatic carbocycles. The molecule has 0 saturated heterocycles. The fourth-order valence-corrected chi connectivity index (χ4v) is 3.73. The molecule has 0 amide bonds. The summed E-state index contributed by atoms with van der Waals surface area (Å²) in [5.74, 6) is 0.101. The molecule has 2 aromatic heterocycles. The molecule has 0 unspecified atom stereocenters. The van der Waals surface area contributed by atoms with Crippen molar-refractivity contribution >= 4 is 15.6 Å². The summed E-state index contributed by atoms with van der Waals surface area (Å²) >= 11 is 0. The SMILES string of the molecule is O=S(=O)(c1cccnc1)N1CC=C(c2cncc(O)c2)CC1. The molecular weight excluding hydrogens is 302 g/mol. The molecule has 0 atom stereocenters. The van der Waals surface area contributed by atoms with Gasteiger partial charge in [0.1, 0.15) is 10.6 Å². The van der Waals surface area contributed by atoms with Gasteiger partial charge in [-0.05, 0) is 35.8 Å². The van der Waals surface area contributed by atoms with Gasteiger partial charge in [0.15, 0.2) is 0 Å². The lowest BCUT2D eigenvalue weighted by Crippen LogP contribution is -2.34. The first-order valence-electron chi connectivity index (χ1n) is 6.81. The number of aromatic nitrogens is 2. The number of pyridine rings is 2. The molecular formula is C15H15N3O3S. The molecule has 0 fully saturated rings. The van der Waals surface area contributed by atoms with E-state index in [1.165, 1.54) is 16.7 Å². The molecule has 6 nitrogen and oxygen atoms in total. The summed E-state index contributed by atoms with van der Waals surface area (Å²) in [4.78, 5) is 8.00. The van der Waals surface area contributed by atoms with Crippen molar-refractivity contribution in [2.75, 3.05) is 13.1 Å². The standard InChI is InChI=1S/C15H15N3O3S/c19-14-8-13(9-17-10-14)12-3-6-18(7-4-12)22(20,21)15-2-1-5-16-11-15/h1-3,5,8-11,19H,4,6-7H2. The summed E-state index contributed by atoms with van der Waals surface area (Å²) in [6, 6.07) is 4.78. The van der Waals surface area contributed by atoms with E-state index < -0.39 is 10.0 Å². The van der Waals surface area contributed by atoms with Crippen LogP contribution < -0.4 is 0 Å².